The molecule has 0 amide bonds. The van der Waals surface area contributed by atoms with Gasteiger partial charge in [-0.1, -0.05) is 18.7 Å². The number of hydrogen-bond acceptors (Lipinski definition) is 6. The third kappa shape index (κ3) is 7.35. The van der Waals surface area contributed by atoms with Gasteiger partial charge >= 0.3 is 18.1 Å². The lowest BCUT2D eigenvalue weighted by Gasteiger charge is -2.55. The van der Waals surface area contributed by atoms with Crippen molar-refractivity contribution in [2.75, 3.05) is 13.2 Å². The monoisotopic (exact) mass is 552 g/mol. The van der Waals surface area contributed by atoms with Gasteiger partial charge in [0.15, 0.2) is 6.29 Å². The molecule has 2 atom stereocenters. The molecule has 1 aromatic carbocycles. The van der Waals surface area contributed by atoms with Crippen LogP contribution in [0.4, 0.5) is 13.2 Å². The first kappa shape index (κ1) is 29.4. The molecule has 0 aliphatic heterocycles. The second kappa shape index (κ2) is 11.5. The van der Waals surface area contributed by atoms with E-state index in [0.717, 1.165) is 19.3 Å². The smallest absolute Gasteiger partial charge is 0.389 e. The summed E-state index contributed by atoms with van der Waals surface area (Å²) in [4.78, 5) is 25.1. The summed E-state index contributed by atoms with van der Waals surface area (Å²) in [6, 6.07) is 6.31. The fraction of sp³-hybridized carbons (Fsp3) is 0.667. The summed E-state index contributed by atoms with van der Waals surface area (Å²) in [6.45, 7) is 8.44. The van der Waals surface area contributed by atoms with E-state index in [9.17, 15) is 22.8 Å². The maximum Gasteiger partial charge on any atom is 0.389 e. The van der Waals surface area contributed by atoms with Crippen molar-refractivity contribution in [1.82, 2.24) is 0 Å². The highest BCUT2D eigenvalue weighted by molar-refractivity contribution is 5.87. The maximum absolute atomic E-state index is 12.9. The van der Waals surface area contributed by atoms with Crippen LogP contribution < -0.4 is 4.74 Å². The molecule has 6 nitrogen and oxygen atoms in total. The number of alkyl halides is 3. The van der Waals surface area contributed by atoms with Crippen molar-refractivity contribution >= 4 is 11.9 Å². The van der Waals surface area contributed by atoms with Crippen LogP contribution in [-0.2, 0) is 29.4 Å². The summed E-state index contributed by atoms with van der Waals surface area (Å²) in [7, 11) is 0. The summed E-state index contributed by atoms with van der Waals surface area (Å²) in [5.41, 5.74) is -1.29. The first-order chi connectivity index (χ1) is 18.3. The minimum absolute atomic E-state index is 0.0877. The Bertz CT molecular complexity index is 1010. The van der Waals surface area contributed by atoms with Crippen LogP contribution in [0.3, 0.4) is 0 Å². The lowest BCUT2D eigenvalue weighted by atomic mass is 9.49. The van der Waals surface area contributed by atoms with Crippen LogP contribution in [0.25, 0.3) is 0 Å². The van der Waals surface area contributed by atoms with Crippen LogP contribution in [0, 0.1) is 23.2 Å². The van der Waals surface area contributed by atoms with Gasteiger partial charge in [0.05, 0.1) is 12.0 Å². The molecular formula is C30H39F3O6. The second-order valence-corrected chi connectivity index (χ2v) is 11.9. The van der Waals surface area contributed by atoms with E-state index in [1.165, 1.54) is 33.1 Å². The Labute approximate surface area is 228 Å². The zero-order chi connectivity index (χ0) is 28.4. The standard InChI is InChI=1S/C30H39F3O6/c1-19(2)26(34)39-28(4,9-10-30(31,32)33)24-5-7-25(8-6-24)38-20(3)36-11-12-37-27(35)29-16-21-13-22(17-29)15-23(14-21)18-29/h5-8,20-23H,1,9-18H2,2-4H3. The molecule has 0 radical (unpaired) electrons. The number of ether oxygens (including phenoxy) is 4. The van der Waals surface area contributed by atoms with Crippen molar-refractivity contribution in [3.05, 3.63) is 42.0 Å². The quantitative estimate of drug-likeness (QED) is 0.122. The summed E-state index contributed by atoms with van der Waals surface area (Å²) in [5.74, 6) is 1.59. The van der Waals surface area contributed by atoms with Gasteiger partial charge in [-0.25, -0.2) is 4.79 Å². The van der Waals surface area contributed by atoms with E-state index in [1.807, 2.05) is 0 Å². The Kier molecular flexibility index (Phi) is 8.69. The van der Waals surface area contributed by atoms with Crippen molar-refractivity contribution in [3.63, 3.8) is 0 Å². The molecular weight excluding hydrogens is 513 g/mol. The molecule has 1 aromatic rings. The molecule has 0 aromatic heterocycles. The summed E-state index contributed by atoms with van der Waals surface area (Å²) in [6.07, 6.45) is 0.0683. The molecule has 0 saturated heterocycles. The Morgan fingerprint density at radius 3 is 2.08 bits per heavy atom. The molecule has 9 heteroatoms. The van der Waals surface area contributed by atoms with Gasteiger partial charge in [0.2, 0.25) is 0 Å². The van der Waals surface area contributed by atoms with Gasteiger partial charge < -0.3 is 18.9 Å². The Morgan fingerprint density at radius 2 is 1.56 bits per heavy atom. The Morgan fingerprint density at radius 1 is 1.00 bits per heavy atom. The zero-order valence-corrected chi connectivity index (χ0v) is 23.0. The highest BCUT2D eigenvalue weighted by atomic mass is 19.4. The highest BCUT2D eigenvalue weighted by Crippen LogP contribution is 2.60. The molecule has 4 aliphatic rings. The molecule has 4 saturated carbocycles. The maximum atomic E-state index is 12.9. The van der Waals surface area contributed by atoms with Gasteiger partial charge in [-0.3, -0.25) is 4.79 Å². The van der Waals surface area contributed by atoms with Crippen LogP contribution >= 0.6 is 0 Å². The predicted molar refractivity (Wildman–Crippen MR) is 138 cm³/mol. The first-order valence-corrected chi connectivity index (χ1v) is 13.8. The first-order valence-electron chi connectivity index (χ1n) is 13.8. The SMILES string of the molecule is C=C(C)C(=O)OC(C)(CCC(F)(F)F)c1ccc(OC(C)OCCOC(=O)C23CC4CC(CC(C4)C2)C3)cc1. The Hall–Kier alpha value is -2.55. The van der Waals surface area contributed by atoms with E-state index in [1.54, 1.807) is 31.2 Å². The van der Waals surface area contributed by atoms with Crippen molar-refractivity contribution in [2.45, 2.75) is 90.2 Å². The second-order valence-electron chi connectivity index (χ2n) is 11.9. The van der Waals surface area contributed by atoms with E-state index >= 15 is 0 Å². The van der Waals surface area contributed by atoms with Crippen molar-refractivity contribution in [2.24, 2.45) is 23.2 Å². The summed E-state index contributed by atoms with van der Waals surface area (Å²) >= 11 is 0. The van der Waals surface area contributed by atoms with Crippen LogP contribution in [0.2, 0.25) is 0 Å². The van der Waals surface area contributed by atoms with Gasteiger partial charge in [-0.15, -0.1) is 0 Å². The summed E-state index contributed by atoms with van der Waals surface area (Å²) < 4.78 is 61.2. The van der Waals surface area contributed by atoms with Crippen LogP contribution in [-0.4, -0.2) is 37.6 Å². The van der Waals surface area contributed by atoms with Crippen LogP contribution in [0.1, 0.15) is 77.7 Å². The number of benzene rings is 1. The number of carbonyl (C=O) groups is 2. The van der Waals surface area contributed by atoms with Gasteiger partial charge in [-0.05, 0) is 101 Å². The minimum Gasteiger partial charge on any atom is -0.465 e. The molecule has 216 valence electrons. The molecule has 4 bridgehead atoms. The average molecular weight is 553 g/mol. The van der Waals surface area contributed by atoms with E-state index in [0.29, 0.717) is 29.1 Å². The zero-order valence-electron chi connectivity index (χ0n) is 23.0. The van der Waals surface area contributed by atoms with Gasteiger partial charge in [0, 0.05) is 12.0 Å². The molecule has 4 fully saturated rings. The lowest BCUT2D eigenvalue weighted by Crippen LogP contribution is -2.50. The van der Waals surface area contributed by atoms with Crippen molar-refractivity contribution in [1.29, 1.82) is 0 Å². The molecule has 0 heterocycles. The minimum atomic E-state index is -4.39. The van der Waals surface area contributed by atoms with Gasteiger partial charge in [0.25, 0.3) is 0 Å². The molecule has 39 heavy (non-hydrogen) atoms. The summed E-state index contributed by atoms with van der Waals surface area (Å²) in [5, 5.41) is 0. The largest absolute Gasteiger partial charge is 0.465 e. The highest BCUT2D eigenvalue weighted by Gasteiger charge is 2.55. The number of halogens is 3. The topological polar surface area (TPSA) is 71.1 Å². The molecule has 0 N–H and O–H groups in total. The third-order valence-electron chi connectivity index (χ3n) is 8.46. The van der Waals surface area contributed by atoms with E-state index in [-0.39, 0.29) is 30.2 Å². The van der Waals surface area contributed by atoms with Crippen LogP contribution in [0.15, 0.2) is 36.4 Å². The Balaban J connectivity index is 1.25. The fourth-order valence-corrected chi connectivity index (χ4v) is 6.90. The predicted octanol–water partition coefficient (Wildman–Crippen LogP) is 6.86. The number of esters is 2. The van der Waals surface area contributed by atoms with E-state index in [4.69, 9.17) is 18.9 Å². The lowest BCUT2D eigenvalue weighted by molar-refractivity contribution is -0.175. The molecule has 5 rings (SSSR count). The van der Waals surface area contributed by atoms with Gasteiger partial charge in [0.1, 0.15) is 18.0 Å². The van der Waals surface area contributed by atoms with E-state index in [2.05, 4.69) is 6.58 Å². The number of rotatable bonds is 12. The molecule has 0 spiro atoms. The number of hydrogen-bond donors (Lipinski definition) is 0. The van der Waals surface area contributed by atoms with Crippen molar-refractivity contribution in [3.8, 4) is 5.75 Å². The fourth-order valence-electron chi connectivity index (χ4n) is 6.90. The normalized spacial score (nSPS) is 27.9. The van der Waals surface area contributed by atoms with Gasteiger partial charge in [-0.2, -0.15) is 13.2 Å². The van der Waals surface area contributed by atoms with E-state index < -0.39 is 36.9 Å². The molecule has 4 aliphatic carbocycles. The molecule has 2 unspecified atom stereocenters. The average Bonchev–Trinajstić information content (AvgIpc) is 2.84. The van der Waals surface area contributed by atoms with Crippen LogP contribution in [0.5, 0.6) is 5.75 Å². The third-order valence-corrected chi connectivity index (χ3v) is 8.46. The number of carbonyl (C=O) groups excluding carboxylic acids is 2. The van der Waals surface area contributed by atoms with Crippen molar-refractivity contribution < 1.29 is 41.7 Å².